The van der Waals surface area contributed by atoms with Gasteiger partial charge in [-0.05, 0) is 25.2 Å². The highest BCUT2D eigenvalue weighted by Gasteiger charge is 2.16. The molecule has 2 N–H and O–H groups in total. The maximum absolute atomic E-state index is 11.9. The van der Waals surface area contributed by atoms with Gasteiger partial charge in [0.05, 0.1) is 21.2 Å². The van der Waals surface area contributed by atoms with Crippen LogP contribution in [0.5, 0.6) is 0 Å². The van der Waals surface area contributed by atoms with E-state index in [1.165, 1.54) is 19.2 Å². The number of hydrogen-bond acceptors (Lipinski definition) is 5. The van der Waals surface area contributed by atoms with Crippen LogP contribution in [0.1, 0.15) is 5.56 Å². The Bertz CT molecular complexity index is 738. The zero-order chi connectivity index (χ0) is 15.4. The quantitative estimate of drug-likeness (QED) is 0.760. The molecule has 1 aromatic carbocycles. The number of hydrogen-bond donors (Lipinski definition) is 2. The normalized spacial score (nSPS) is 12.1. The first-order chi connectivity index (χ1) is 9.22. The van der Waals surface area contributed by atoms with Crippen molar-refractivity contribution in [3.05, 3.63) is 28.8 Å². The summed E-state index contributed by atoms with van der Waals surface area (Å²) in [5.41, 5.74) is 0.156. The molecule has 0 saturated heterocycles. The Morgan fingerprint density at radius 2 is 1.95 bits per heavy atom. The van der Waals surface area contributed by atoms with Gasteiger partial charge in [0.25, 0.3) is 0 Å². The average molecular weight is 338 g/mol. The molecule has 1 aromatic rings. The summed E-state index contributed by atoms with van der Waals surface area (Å²) in [5, 5.41) is 8.71. The molecule has 0 saturated carbocycles. The minimum absolute atomic E-state index is 0.0122. The monoisotopic (exact) mass is 337 g/mol. The minimum atomic E-state index is -3.87. The van der Waals surface area contributed by atoms with Crippen LogP contribution >= 0.6 is 11.6 Å². The van der Waals surface area contributed by atoms with Crippen molar-refractivity contribution in [2.45, 2.75) is 4.90 Å². The zero-order valence-corrected chi connectivity index (χ0v) is 12.8. The van der Waals surface area contributed by atoms with E-state index >= 15 is 0 Å². The van der Waals surface area contributed by atoms with E-state index in [1.807, 2.05) is 6.07 Å². The van der Waals surface area contributed by atoms with Crippen molar-refractivity contribution >= 4 is 31.6 Å². The number of sulfonamides is 2. The molecular weight excluding hydrogens is 326 g/mol. The first kappa shape index (κ1) is 16.9. The van der Waals surface area contributed by atoms with E-state index in [4.69, 9.17) is 16.9 Å². The number of nitrogens with zero attached hydrogens (tertiary/aromatic N) is 1. The van der Waals surface area contributed by atoms with Crippen LogP contribution in [-0.2, 0) is 20.0 Å². The molecule has 1 rings (SSSR count). The van der Waals surface area contributed by atoms with Crippen LogP contribution in [0.3, 0.4) is 0 Å². The Morgan fingerprint density at radius 3 is 2.45 bits per heavy atom. The highest BCUT2D eigenvalue weighted by molar-refractivity contribution is 7.90. The van der Waals surface area contributed by atoms with Crippen LogP contribution in [0, 0.1) is 11.3 Å². The third-order valence-corrected chi connectivity index (χ3v) is 5.48. The van der Waals surface area contributed by atoms with E-state index in [-0.39, 0.29) is 27.8 Å². The van der Waals surface area contributed by atoms with Gasteiger partial charge in [-0.1, -0.05) is 11.6 Å². The van der Waals surface area contributed by atoms with Crippen LogP contribution in [-0.4, -0.2) is 36.2 Å². The van der Waals surface area contributed by atoms with Crippen molar-refractivity contribution in [1.29, 1.82) is 5.26 Å². The van der Waals surface area contributed by atoms with E-state index < -0.39 is 20.0 Å². The smallest absolute Gasteiger partial charge is 0.218 e. The third-order valence-electron chi connectivity index (χ3n) is 2.35. The van der Waals surface area contributed by atoms with Crippen molar-refractivity contribution in [2.24, 2.45) is 0 Å². The molecule has 0 bridgehead atoms. The Labute approximate surface area is 122 Å². The van der Waals surface area contributed by atoms with Gasteiger partial charge >= 0.3 is 0 Å². The van der Waals surface area contributed by atoms with Crippen molar-refractivity contribution in [3.63, 3.8) is 0 Å². The summed E-state index contributed by atoms with van der Waals surface area (Å²) >= 11 is 5.74. The fourth-order valence-electron chi connectivity index (χ4n) is 1.25. The van der Waals surface area contributed by atoms with Gasteiger partial charge in [0, 0.05) is 6.54 Å². The van der Waals surface area contributed by atoms with E-state index in [0.717, 1.165) is 6.07 Å². The van der Waals surface area contributed by atoms with Crippen molar-refractivity contribution < 1.29 is 16.8 Å². The van der Waals surface area contributed by atoms with Gasteiger partial charge in [-0.3, -0.25) is 0 Å². The maximum Gasteiger partial charge on any atom is 0.240 e. The summed E-state index contributed by atoms with van der Waals surface area (Å²) in [6.45, 7) is -0.275. The Morgan fingerprint density at radius 1 is 1.30 bits per heavy atom. The molecule has 0 aliphatic rings. The lowest BCUT2D eigenvalue weighted by Gasteiger charge is -2.07. The second kappa shape index (κ2) is 6.51. The molecule has 20 heavy (non-hydrogen) atoms. The second-order valence-electron chi connectivity index (χ2n) is 3.67. The van der Waals surface area contributed by atoms with E-state index in [0.29, 0.717) is 0 Å². The summed E-state index contributed by atoms with van der Waals surface area (Å²) < 4.78 is 50.3. The van der Waals surface area contributed by atoms with Crippen LogP contribution in [0.15, 0.2) is 23.1 Å². The van der Waals surface area contributed by atoms with Gasteiger partial charge < -0.3 is 0 Å². The molecule has 0 heterocycles. The predicted molar refractivity (Wildman–Crippen MR) is 74.2 cm³/mol. The first-order valence-corrected chi connectivity index (χ1v) is 8.84. The molecule has 0 radical (unpaired) electrons. The second-order valence-corrected chi connectivity index (χ2v) is 7.89. The number of nitrogens with one attached hydrogen (secondary N) is 2. The molecule has 0 aromatic heterocycles. The molecule has 0 amide bonds. The van der Waals surface area contributed by atoms with Crippen molar-refractivity contribution in [1.82, 2.24) is 9.44 Å². The standard InChI is InChI=1S/C10H12ClN3O4S2/c1-13-19(15,16)5-4-14-20(17,18)9-3-2-8(7-12)10(11)6-9/h2-3,6,13-14H,4-5H2,1H3. The fourth-order valence-corrected chi connectivity index (χ4v) is 3.30. The summed E-state index contributed by atoms with van der Waals surface area (Å²) in [6.07, 6.45) is 0. The fraction of sp³-hybridized carbons (Fsp3) is 0.300. The largest absolute Gasteiger partial charge is 0.240 e. The average Bonchev–Trinajstić information content (AvgIpc) is 2.38. The Kier molecular flexibility index (Phi) is 5.50. The van der Waals surface area contributed by atoms with Crippen molar-refractivity contribution in [3.8, 4) is 6.07 Å². The van der Waals surface area contributed by atoms with Gasteiger partial charge in [-0.2, -0.15) is 5.26 Å². The minimum Gasteiger partial charge on any atom is -0.218 e. The van der Waals surface area contributed by atoms with Crippen LogP contribution in [0.25, 0.3) is 0 Å². The van der Waals surface area contributed by atoms with E-state index in [9.17, 15) is 16.8 Å². The summed E-state index contributed by atoms with van der Waals surface area (Å²) in [5.74, 6) is -0.382. The molecule has 0 aliphatic heterocycles. The lowest BCUT2D eigenvalue weighted by molar-refractivity contribution is 0.578. The molecule has 110 valence electrons. The van der Waals surface area contributed by atoms with Gasteiger partial charge in [0.1, 0.15) is 6.07 Å². The summed E-state index contributed by atoms with van der Waals surface area (Å²) in [7, 11) is -6.12. The highest BCUT2D eigenvalue weighted by atomic mass is 35.5. The molecule has 0 aliphatic carbocycles. The Balaban J connectivity index is 2.85. The summed E-state index contributed by atoms with van der Waals surface area (Å²) in [4.78, 5) is -0.136. The van der Waals surface area contributed by atoms with Crippen LogP contribution < -0.4 is 9.44 Å². The molecule has 7 nitrogen and oxygen atoms in total. The molecular formula is C10H12ClN3O4S2. The predicted octanol–water partition coefficient (Wildman–Crippen LogP) is 0.0392. The highest BCUT2D eigenvalue weighted by Crippen LogP contribution is 2.19. The maximum atomic E-state index is 11.9. The Hall–Kier alpha value is -1.18. The van der Waals surface area contributed by atoms with Gasteiger partial charge in [0.15, 0.2) is 0 Å². The first-order valence-electron chi connectivity index (χ1n) is 5.32. The molecule has 0 fully saturated rings. The number of nitriles is 1. The SMILES string of the molecule is CNS(=O)(=O)CCNS(=O)(=O)c1ccc(C#N)c(Cl)c1. The zero-order valence-electron chi connectivity index (χ0n) is 10.4. The molecule has 0 unspecified atom stereocenters. The van der Waals surface area contributed by atoms with Gasteiger partial charge in [-0.25, -0.2) is 26.3 Å². The topological polar surface area (TPSA) is 116 Å². The number of rotatable bonds is 6. The van der Waals surface area contributed by atoms with Crippen molar-refractivity contribution in [2.75, 3.05) is 19.3 Å². The van der Waals surface area contributed by atoms with Crippen LogP contribution in [0.2, 0.25) is 5.02 Å². The number of benzene rings is 1. The van der Waals surface area contributed by atoms with Gasteiger partial charge in [-0.15, -0.1) is 0 Å². The lowest BCUT2D eigenvalue weighted by Crippen LogP contribution is -2.33. The van der Waals surface area contributed by atoms with Gasteiger partial charge in [0.2, 0.25) is 20.0 Å². The van der Waals surface area contributed by atoms with E-state index in [1.54, 1.807) is 0 Å². The summed E-state index contributed by atoms with van der Waals surface area (Å²) in [6, 6.07) is 5.44. The van der Waals surface area contributed by atoms with E-state index in [2.05, 4.69) is 9.44 Å². The van der Waals surface area contributed by atoms with Crippen LogP contribution in [0.4, 0.5) is 0 Å². The molecule has 10 heteroatoms. The molecule has 0 spiro atoms. The number of halogens is 1. The molecule has 0 atom stereocenters. The lowest BCUT2D eigenvalue weighted by atomic mass is 10.2. The third kappa shape index (κ3) is 4.43.